The Balaban J connectivity index is 2.11. The number of piperazine rings is 1. The van der Waals surface area contributed by atoms with Gasteiger partial charge in [-0.3, -0.25) is 4.90 Å². The van der Waals surface area contributed by atoms with Crippen LogP contribution in [-0.4, -0.2) is 44.3 Å². The van der Waals surface area contributed by atoms with Crippen molar-refractivity contribution in [2.45, 2.75) is 19.0 Å². The lowest BCUT2D eigenvalue weighted by Crippen LogP contribution is -2.51. The molecule has 0 bridgehead atoms. The highest BCUT2D eigenvalue weighted by Gasteiger charge is 2.24. The van der Waals surface area contributed by atoms with Crippen LogP contribution in [0, 0.1) is 0 Å². The minimum Gasteiger partial charge on any atom is -0.383 e. The van der Waals surface area contributed by atoms with Crippen LogP contribution in [0.3, 0.4) is 0 Å². The summed E-state index contributed by atoms with van der Waals surface area (Å²) >= 11 is 0. The monoisotopic (exact) mass is 234 g/mol. The van der Waals surface area contributed by atoms with Crippen LogP contribution < -0.4 is 5.32 Å². The van der Waals surface area contributed by atoms with Gasteiger partial charge in [0.25, 0.3) is 0 Å². The van der Waals surface area contributed by atoms with E-state index in [-0.39, 0.29) is 0 Å². The maximum Gasteiger partial charge on any atom is 0.0659 e. The Bertz CT molecular complexity index is 328. The quantitative estimate of drug-likeness (QED) is 0.857. The molecule has 0 amide bonds. The minimum absolute atomic E-state index is 0.380. The summed E-state index contributed by atoms with van der Waals surface area (Å²) in [7, 11) is 1.78. The summed E-state index contributed by atoms with van der Waals surface area (Å²) in [6.45, 7) is 6.24. The van der Waals surface area contributed by atoms with Crippen molar-refractivity contribution >= 4 is 0 Å². The zero-order valence-corrected chi connectivity index (χ0v) is 10.7. The average molecular weight is 234 g/mol. The van der Waals surface area contributed by atoms with E-state index in [0.29, 0.717) is 12.1 Å². The lowest BCUT2D eigenvalue weighted by Gasteiger charge is -2.37. The molecular weight excluding hydrogens is 212 g/mol. The summed E-state index contributed by atoms with van der Waals surface area (Å²) in [5, 5.41) is 3.48. The van der Waals surface area contributed by atoms with E-state index in [1.54, 1.807) is 7.11 Å². The molecule has 1 aliphatic rings. The van der Waals surface area contributed by atoms with Gasteiger partial charge < -0.3 is 10.1 Å². The van der Waals surface area contributed by atoms with Gasteiger partial charge in [-0.1, -0.05) is 30.3 Å². The largest absolute Gasteiger partial charge is 0.383 e. The van der Waals surface area contributed by atoms with Gasteiger partial charge in [-0.25, -0.2) is 0 Å². The number of methoxy groups -OCH3 is 1. The van der Waals surface area contributed by atoms with Crippen molar-refractivity contribution in [3.63, 3.8) is 0 Å². The first-order valence-corrected chi connectivity index (χ1v) is 6.32. The third-order valence-electron chi connectivity index (χ3n) is 3.35. The van der Waals surface area contributed by atoms with Gasteiger partial charge in [0, 0.05) is 32.8 Å². The number of hydrogen-bond donors (Lipinski definition) is 1. The van der Waals surface area contributed by atoms with Gasteiger partial charge in [-0.2, -0.15) is 0 Å². The highest BCUT2D eigenvalue weighted by Crippen LogP contribution is 2.22. The average Bonchev–Trinajstić information content (AvgIpc) is 2.37. The predicted molar refractivity (Wildman–Crippen MR) is 70.1 cm³/mol. The molecule has 0 aliphatic carbocycles. The number of ether oxygens (including phenoxy) is 1. The van der Waals surface area contributed by atoms with Crippen LogP contribution in [0.25, 0.3) is 0 Å². The molecule has 0 unspecified atom stereocenters. The van der Waals surface area contributed by atoms with Gasteiger partial charge in [0.15, 0.2) is 0 Å². The van der Waals surface area contributed by atoms with Gasteiger partial charge in [-0.05, 0) is 12.5 Å². The molecule has 2 rings (SSSR count). The van der Waals surface area contributed by atoms with Crippen molar-refractivity contribution in [2.75, 3.05) is 33.4 Å². The summed E-state index contributed by atoms with van der Waals surface area (Å²) in [6, 6.07) is 11.6. The SMILES string of the molecule is COC[C@@H](c1ccccc1)N1CCN[C@H](C)C1. The number of hydrogen-bond acceptors (Lipinski definition) is 3. The van der Waals surface area contributed by atoms with Crippen LogP contribution in [0.5, 0.6) is 0 Å². The molecule has 0 aromatic heterocycles. The first-order valence-electron chi connectivity index (χ1n) is 6.32. The van der Waals surface area contributed by atoms with Gasteiger partial charge in [-0.15, -0.1) is 0 Å². The van der Waals surface area contributed by atoms with E-state index in [1.165, 1.54) is 5.56 Å². The molecule has 1 aromatic carbocycles. The molecule has 1 aliphatic heterocycles. The summed E-state index contributed by atoms with van der Waals surface area (Å²) in [6.07, 6.45) is 0. The summed E-state index contributed by atoms with van der Waals surface area (Å²) in [5.41, 5.74) is 1.35. The number of benzene rings is 1. The Morgan fingerprint density at radius 2 is 2.18 bits per heavy atom. The van der Waals surface area contributed by atoms with Gasteiger partial charge in [0.05, 0.1) is 12.6 Å². The third-order valence-corrected chi connectivity index (χ3v) is 3.35. The van der Waals surface area contributed by atoms with Crippen molar-refractivity contribution < 1.29 is 4.74 Å². The van der Waals surface area contributed by atoms with Crippen molar-refractivity contribution in [3.05, 3.63) is 35.9 Å². The van der Waals surface area contributed by atoms with E-state index in [2.05, 4.69) is 47.5 Å². The van der Waals surface area contributed by atoms with Gasteiger partial charge >= 0.3 is 0 Å². The molecule has 2 atom stereocenters. The Hall–Kier alpha value is -0.900. The molecule has 1 aromatic rings. The van der Waals surface area contributed by atoms with E-state index in [1.807, 2.05) is 0 Å². The molecule has 1 fully saturated rings. The molecule has 1 saturated heterocycles. The van der Waals surface area contributed by atoms with E-state index in [0.717, 1.165) is 26.2 Å². The second-order valence-corrected chi connectivity index (χ2v) is 4.73. The molecule has 17 heavy (non-hydrogen) atoms. The van der Waals surface area contributed by atoms with Crippen LogP contribution in [0.4, 0.5) is 0 Å². The first-order chi connectivity index (χ1) is 8.31. The van der Waals surface area contributed by atoms with Crippen LogP contribution in [0.1, 0.15) is 18.5 Å². The smallest absolute Gasteiger partial charge is 0.0659 e. The third kappa shape index (κ3) is 3.28. The van der Waals surface area contributed by atoms with Crippen LogP contribution in [0.15, 0.2) is 30.3 Å². The lowest BCUT2D eigenvalue weighted by molar-refractivity contribution is 0.0712. The molecule has 1 heterocycles. The zero-order valence-electron chi connectivity index (χ0n) is 10.7. The topological polar surface area (TPSA) is 24.5 Å². The summed E-state index contributed by atoms with van der Waals surface area (Å²) in [4.78, 5) is 2.51. The molecule has 94 valence electrons. The molecule has 0 radical (unpaired) electrons. The molecule has 3 heteroatoms. The fourth-order valence-electron chi connectivity index (χ4n) is 2.49. The van der Waals surface area contributed by atoms with Crippen LogP contribution in [-0.2, 0) is 4.74 Å². The number of nitrogens with one attached hydrogen (secondary N) is 1. The van der Waals surface area contributed by atoms with Gasteiger partial charge in [0.2, 0.25) is 0 Å². The van der Waals surface area contributed by atoms with Crippen molar-refractivity contribution in [1.29, 1.82) is 0 Å². The lowest BCUT2D eigenvalue weighted by atomic mass is 10.0. The first kappa shape index (κ1) is 12.6. The Morgan fingerprint density at radius 1 is 1.41 bits per heavy atom. The summed E-state index contributed by atoms with van der Waals surface area (Å²) < 4.78 is 5.38. The Labute approximate surface area is 104 Å². The number of rotatable bonds is 4. The molecule has 0 spiro atoms. The maximum atomic E-state index is 5.38. The second kappa shape index (κ2) is 6.15. The van der Waals surface area contributed by atoms with Gasteiger partial charge in [0.1, 0.15) is 0 Å². The molecular formula is C14H22N2O. The molecule has 0 saturated carbocycles. The van der Waals surface area contributed by atoms with Crippen molar-refractivity contribution in [1.82, 2.24) is 10.2 Å². The van der Waals surface area contributed by atoms with E-state index in [9.17, 15) is 0 Å². The van der Waals surface area contributed by atoms with Crippen molar-refractivity contribution in [2.24, 2.45) is 0 Å². The zero-order chi connectivity index (χ0) is 12.1. The fraction of sp³-hybridized carbons (Fsp3) is 0.571. The highest BCUT2D eigenvalue weighted by atomic mass is 16.5. The minimum atomic E-state index is 0.380. The van der Waals surface area contributed by atoms with Crippen molar-refractivity contribution in [3.8, 4) is 0 Å². The fourth-order valence-corrected chi connectivity index (χ4v) is 2.49. The van der Waals surface area contributed by atoms with Crippen LogP contribution in [0.2, 0.25) is 0 Å². The number of nitrogens with zero attached hydrogens (tertiary/aromatic N) is 1. The maximum absolute atomic E-state index is 5.38. The standard InChI is InChI=1S/C14H22N2O/c1-12-10-16(9-8-15-12)14(11-17-2)13-6-4-3-5-7-13/h3-7,12,14-15H,8-11H2,1-2H3/t12-,14+/m1/s1. The van der Waals surface area contributed by atoms with Crippen LogP contribution >= 0.6 is 0 Å². The van der Waals surface area contributed by atoms with E-state index in [4.69, 9.17) is 4.74 Å². The Morgan fingerprint density at radius 3 is 2.82 bits per heavy atom. The second-order valence-electron chi connectivity index (χ2n) is 4.73. The molecule has 3 nitrogen and oxygen atoms in total. The van der Waals surface area contributed by atoms with E-state index < -0.39 is 0 Å². The highest BCUT2D eigenvalue weighted by molar-refractivity contribution is 5.19. The molecule has 1 N–H and O–H groups in total. The predicted octanol–water partition coefficient (Wildman–Crippen LogP) is 1.67. The Kier molecular flexibility index (Phi) is 4.54. The summed E-state index contributed by atoms with van der Waals surface area (Å²) in [5.74, 6) is 0. The van der Waals surface area contributed by atoms with E-state index >= 15 is 0 Å². The normalized spacial score (nSPS) is 23.5.